The van der Waals surface area contributed by atoms with Crippen LogP contribution < -0.4 is 10.6 Å². The number of carbonyl (C=O) groups excluding carboxylic acids is 2. The molecule has 1 saturated carbocycles. The number of aliphatic hydroxyl groups excluding tert-OH is 1. The molecule has 2 amide bonds. The summed E-state index contributed by atoms with van der Waals surface area (Å²) in [6, 6.07) is 10.8. The first-order valence-electron chi connectivity index (χ1n) is 11.0. The summed E-state index contributed by atoms with van der Waals surface area (Å²) in [5.74, 6) is -0.425. The van der Waals surface area contributed by atoms with Gasteiger partial charge in [0.1, 0.15) is 17.1 Å². The second-order valence-electron chi connectivity index (χ2n) is 8.32. The first kappa shape index (κ1) is 28.9. The van der Waals surface area contributed by atoms with Crippen LogP contribution in [0.3, 0.4) is 0 Å². The predicted octanol–water partition coefficient (Wildman–Crippen LogP) is 5.00. The average molecular weight is 544 g/mol. The molecule has 0 saturated heterocycles. The summed E-state index contributed by atoms with van der Waals surface area (Å²) in [4.78, 5) is 32.3. The van der Waals surface area contributed by atoms with E-state index in [0.717, 1.165) is 25.7 Å². The number of nitrogens with zero attached hydrogens (tertiary/aromatic N) is 2. The zero-order chi connectivity index (χ0) is 23.4. The van der Waals surface area contributed by atoms with Crippen molar-refractivity contribution >= 4 is 70.7 Å². The van der Waals surface area contributed by atoms with Crippen LogP contribution in [-0.2, 0) is 4.79 Å². The molecule has 4 rings (SSSR count). The number of aromatic nitrogens is 1. The van der Waals surface area contributed by atoms with Gasteiger partial charge in [-0.05, 0) is 57.0 Å². The SMILES string of the molecule is CN(CCO)C1CCC(C(=O)Nc2c(C(=O)Nc3ccc(Cl)cn3)oc3ccccc23)CC1.Cl.Cl. The summed E-state index contributed by atoms with van der Waals surface area (Å²) in [7, 11) is 2.00. The molecule has 0 unspecified atom stereocenters. The molecular weight excluding hydrogens is 515 g/mol. The summed E-state index contributed by atoms with van der Waals surface area (Å²) < 4.78 is 5.81. The third-order valence-corrected chi connectivity index (χ3v) is 6.39. The van der Waals surface area contributed by atoms with Crippen molar-refractivity contribution in [3.63, 3.8) is 0 Å². The van der Waals surface area contributed by atoms with Gasteiger partial charge < -0.3 is 25.1 Å². The fourth-order valence-electron chi connectivity index (χ4n) is 4.30. The molecule has 35 heavy (non-hydrogen) atoms. The quantitative estimate of drug-likeness (QED) is 0.387. The van der Waals surface area contributed by atoms with Crippen molar-refractivity contribution in [3.8, 4) is 0 Å². The Bertz CT molecular complexity index is 1130. The number of para-hydroxylation sites is 1. The van der Waals surface area contributed by atoms with E-state index in [1.165, 1.54) is 6.20 Å². The molecule has 1 aliphatic carbocycles. The number of anilines is 2. The second kappa shape index (κ2) is 13.1. The number of hydrogen-bond acceptors (Lipinski definition) is 6. The van der Waals surface area contributed by atoms with E-state index in [0.29, 0.717) is 40.1 Å². The Labute approximate surface area is 221 Å². The Kier molecular flexibility index (Phi) is 10.8. The molecule has 0 radical (unpaired) electrons. The zero-order valence-corrected chi connectivity index (χ0v) is 21.6. The van der Waals surface area contributed by atoms with Gasteiger partial charge in [-0.15, -0.1) is 24.8 Å². The molecule has 3 N–H and O–H groups in total. The molecule has 0 aliphatic heterocycles. The van der Waals surface area contributed by atoms with E-state index in [-0.39, 0.29) is 49.0 Å². The third-order valence-electron chi connectivity index (χ3n) is 6.16. The summed E-state index contributed by atoms with van der Waals surface area (Å²) in [6.07, 6.45) is 4.70. The molecule has 1 aromatic carbocycles. The van der Waals surface area contributed by atoms with Gasteiger partial charge >= 0.3 is 0 Å². The summed E-state index contributed by atoms with van der Waals surface area (Å²) in [5.41, 5.74) is 0.873. The number of pyridine rings is 1. The lowest BCUT2D eigenvalue weighted by Crippen LogP contribution is -2.39. The molecule has 0 bridgehead atoms. The van der Waals surface area contributed by atoms with E-state index in [1.807, 2.05) is 25.2 Å². The van der Waals surface area contributed by atoms with Crippen LogP contribution in [0.2, 0.25) is 5.02 Å². The van der Waals surface area contributed by atoms with Crippen LogP contribution >= 0.6 is 36.4 Å². The van der Waals surface area contributed by atoms with Gasteiger partial charge in [0, 0.05) is 30.1 Å². The number of likely N-dealkylation sites (N-methyl/N-ethyl adjacent to an activating group) is 1. The van der Waals surface area contributed by atoms with Crippen molar-refractivity contribution in [3.05, 3.63) is 53.4 Å². The smallest absolute Gasteiger partial charge is 0.294 e. The molecule has 8 nitrogen and oxygen atoms in total. The molecule has 1 fully saturated rings. The highest BCUT2D eigenvalue weighted by Gasteiger charge is 2.30. The number of furan rings is 1. The fourth-order valence-corrected chi connectivity index (χ4v) is 4.41. The number of carbonyl (C=O) groups is 2. The van der Waals surface area contributed by atoms with Gasteiger partial charge in [-0.3, -0.25) is 9.59 Å². The molecule has 11 heteroatoms. The van der Waals surface area contributed by atoms with E-state index in [4.69, 9.17) is 21.1 Å². The highest BCUT2D eigenvalue weighted by Crippen LogP contribution is 2.34. The Hall–Kier alpha value is -2.36. The van der Waals surface area contributed by atoms with Crippen LogP contribution in [-0.4, -0.2) is 53.0 Å². The van der Waals surface area contributed by atoms with Crippen LogP contribution in [0.15, 0.2) is 47.0 Å². The first-order chi connectivity index (χ1) is 16.0. The molecule has 0 spiro atoms. The van der Waals surface area contributed by atoms with Gasteiger partial charge in [0.15, 0.2) is 0 Å². The molecule has 190 valence electrons. The lowest BCUT2D eigenvalue weighted by molar-refractivity contribution is -0.121. The number of aliphatic hydroxyl groups is 1. The number of hydrogen-bond donors (Lipinski definition) is 3. The van der Waals surface area contributed by atoms with Gasteiger partial charge in [-0.25, -0.2) is 4.98 Å². The highest BCUT2D eigenvalue weighted by atomic mass is 35.5. The maximum atomic E-state index is 13.1. The number of rotatable bonds is 7. The average Bonchev–Trinajstić information content (AvgIpc) is 3.19. The molecule has 0 atom stereocenters. The van der Waals surface area contributed by atoms with Crippen molar-refractivity contribution < 1.29 is 19.1 Å². The van der Waals surface area contributed by atoms with Crippen LogP contribution in [0.5, 0.6) is 0 Å². The number of halogens is 3. The topological polar surface area (TPSA) is 108 Å². The van der Waals surface area contributed by atoms with Crippen molar-refractivity contribution in [2.24, 2.45) is 5.92 Å². The zero-order valence-electron chi connectivity index (χ0n) is 19.2. The lowest BCUT2D eigenvalue weighted by Gasteiger charge is -2.33. The maximum Gasteiger partial charge on any atom is 0.294 e. The Morgan fingerprint density at radius 2 is 1.83 bits per heavy atom. The van der Waals surface area contributed by atoms with Gasteiger partial charge in [0.2, 0.25) is 11.7 Å². The number of amides is 2. The van der Waals surface area contributed by atoms with E-state index < -0.39 is 5.91 Å². The van der Waals surface area contributed by atoms with Crippen LogP contribution in [0, 0.1) is 5.92 Å². The minimum absolute atomic E-state index is 0. The lowest BCUT2D eigenvalue weighted by atomic mass is 9.85. The van der Waals surface area contributed by atoms with Crippen LogP contribution in [0.25, 0.3) is 11.0 Å². The number of fused-ring (bicyclic) bond motifs is 1. The Morgan fingerprint density at radius 3 is 2.49 bits per heavy atom. The summed E-state index contributed by atoms with van der Waals surface area (Å²) in [6.45, 7) is 0.754. The molecular formula is C24H29Cl3N4O4. The summed E-state index contributed by atoms with van der Waals surface area (Å²) >= 11 is 5.86. The molecule has 2 heterocycles. The summed E-state index contributed by atoms with van der Waals surface area (Å²) in [5, 5.41) is 15.9. The predicted molar refractivity (Wildman–Crippen MR) is 142 cm³/mol. The minimum Gasteiger partial charge on any atom is -0.449 e. The van der Waals surface area contributed by atoms with Crippen molar-refractivity contribution in [1.29, 1.82) is 0 Å². The van der Waals surface area contributed by atoms with Crippen LogP contribution in [0.4, 0.5) is 11.5 Å². The highest BCUT2D eigenvalue weighted by molar-refractivity contribution is 6.30. The minimum atomic E-state index is -0.509. The van der Waals surface area contributed by atoms with E-state index in [2.05, 4.69) is 20.5 Å². The fraction of sp³-hybridized carbons (Fsp3) is 0.375. The van der Waals surface area contributed by atoms with Gasteiger partial charge in [-0.1, -0.05) is 23.7 Å². The monoisotopic (exact) mass is 542 g/mol. The second-order valence-corrected chi connectivity index (χ2v) is 8.75. The number of benzene rings is 1. The standard InChI is InChI=1S/C24H27ClN4O4.2ClH/c1-29(12-13-30)17-9-6-15(7-10-17)23(31)28-21-18-4-2-3-5-19(18)33-22(21)24(32)27-20-11-8-16(25)14-26-20;;/h2-5,8,11,14-15,17,30H,6-7,9-10,12-13H2,1H3,(H,28,31)(H,26,27,32);2*1H. The molecule has 3 aromatic rings. The van der Waals surface area contributed by atoms with Crippen molar-refractivity contribution in [2.75, 3.05) is 30.8 Å². The van der Waals surface area contributed by atoms with Crippen molar-refractivity contribution in [2.45, 2.75) is 31.7 Å². The van der Waals surface area contributed by atoms with Gasteiger partial charge in [0.25, 0.3) is 5.91 Å². The van der Waals surface area contributed by atoms with Gasteiger partial charge in [-0.2, -0.15) is 0 Å². The first-order valence-corrected chi connectivity index (χ1v) is 11.4. The van der Waals surface area contributed by atoms with Crippen molar-refractivity contribution in [1.82, 2.24) is 9.88 Å². The van der Waals surface area contributed by atoms with E-state index >= 15 is 0 Å². The Balaban J connectivity index is 0.00000216. The normalized spacial score (nSPS) is 17.4. The molecule has 2 aromatic heterocycles. The largest absolute Gasteiger partial charge is 0.449 e. The maximum absolute atomic E-state index is 13.1. The molecule has 1 aliphatic rings. The number of nitrogens with one attached hydrogen (secondary N) is 2. The Morgan fingerprint density at radius 1 is 1.11 bits per heavy atom. The third kappa shape index (κ3) is 6.86. The van der Waals surface area contributed by atoms with E-state index in [1.54, 1.807) is 18.2 Å². The van der Waals surface area contributed by atoms with Crippen LogP contribution in [0.1, 0.15) is 36.2 Å². The van der Waals surface area contributed by atoms with E-state index in [9.17, 15) is 9.59 Å². The van der Waals surface area contributed by atoms with Gasteiger partial charge in [0.05, 0.1) is 11.6 Å².